The highest BCUT2D eigenvalue weighted by Gasteiger charge is 2.19. The van der Waals surface area contributed by atoms with Crippen LogP contribution < -0.4 is 16.4 Å². The van der Waals surface area contributed by atoms with E-state index >= 15 is 0 Å². The summed E-state index contributed by atoms with van der Waals surface area (Å²) in [5.41, 5.74) is 6.43. The molecule has 148 valence electrons. The molecule has 0 saturated heterocycles. The maximum absolute atomic E-state index is 12.5. The van der Waals surface area contributed by atoms with E-state index in [-0.39, 0.29) is 17.4 Å². The van der Waals surface area contributed by atoms with Crippen LogP contribution in [0, 0.1) is 0 Å². The monoisotopic (exact) mass is 427 g/mol. The number of hydrogen-bond acceptors (Lipinski definition) is 7. The minimum atomic E-state index is -0.621. The van der Waals surface area contributed by atoms with Crippen LogP contribution in [0.15, 0.2) is 58.9 Å². The van der Waals surface area contributed by atoms with Gasteiger partial charge in [0, 0.05) is 5.56 Å². The first kappa shape index (κ1) is 20.5. The molecule has 8 nitrogen and oxygen atoms in total. The number of anilines is 2. The van der Waals surface area contributed by atoms with Gasteiger partial charge in [-0.3, -0.25) is 19.7 Å². The smallest absolute Gasteiger partial charge is 0.257 e. The van der Waals surface area contributed by atoms with Gasteiger partial charge in [-0.1, -0.05) is 53.4 Å². The average molecular weight is 428 g/mol. The molecule has 0 aliphatic rings. The zero-order valence-corrected chi connectivity index (χ0v) is 16.9. The van der Waals surface area contributed by atoms with Crippen LogP contribution in [0.4, 0.5) is 10.8 Å². The number of primary amides is 1. The molecule has 1 aromatic heterocycles. The van der Waals surface area contributed by atoms with Crippen molar-refractivity contribution in [2.24, 2.45) is 5.73 Å². The van der Waals surface area contributed by atoms with E-state index in [9.17, 15) is 14.4 Å². The number of para-hydroxylation sites is 1. The van der Waals surface area contributed by atoms with E-state index in [4.69, 9.17) is 5.73 Å². The SMILES string of the molecule is CC(Sc1nnc(NC(=O)c2ccccc2)s1)C(=O)Nc1ccccc1C(N)=O. The first-order chi connectivity index (χ1) is 13.9. The molecule has 10 heteroatoms. The molecule has 0 fully saturated rings. The summed E-state index contributed by atoms with van der Waals surface area (Å²) in [5.74, 6) is -1.22. The van der Waals surface area contributed by atoms with Gasteiger partial charge in [0.2, 0.25) is 11.0 Å². The number of carbonyl (C=O) groups excluding carboxylic acids is 3. The number of hydrogen-bond donors (Lipinski definition) is 3. The average Bonchev–Trinajstić information content (AvgIpc) is 3.15. The highest BCUT2D eigenvalue weighted by atomic mass is 32.2. The fraction of sp³-hybridized carbons (Fsp3) is 0.105. The van der Waals surface area contributed by atoms with Crippen molar-refractivity contribution >= 4 is 51.6 Å². The topological polar surface area (TPSA) is 127 Å². The van der Waals surface area contributed by atoms with Crippen LogP contribution in [0.5, 0.6) is 0 Å². The molecule has 3 amide bonds. The number of rotatable bonds is 7. The summed E-state index contributed by atoms with van der Waals surface area (Å²) in [5, 5.41) is 13.1. The molecule has 0 saturated carbocycles. The Bertz CT molecular complexity index is 1040. The predicted octanol–water partition coefficient (Wildman–Crippen LogP) is 3.01. The van der Waals surface area contributed by atoms with Crippen LogP contribution in [-0.4, -0.2) is 33.2 Å². The molecule has 0 radical (unpaired) electrons. The van der Waals surface area contributed by atoms with Gasteiger partial charge in [-0.15, -0.1) is 10.2 Å². The molecule has 0 aliphatic heterocycles. The van der Waals surface area contributed by atoms with Crippen molar-refractivity contribution < 1.29 is 14.4 Å². The summed E-state index contributed by atoms with van der Waals surface area (Å²) in [6.45, 7) is 1.70. The van der Waals surface area contributed by atoms with Gasteiger partial charge in [0.05, 0.1) is 16.5 Å². The quantitative estimate of drug-likeness (QED) is 0.393. The largest absolute Gasteiger partial charge is 0.366 e. The fourth-order valence-corrected chi connectivity index (χ4v) is 4.20. The summed E-state index contributed by atoms with van der Waals surface area (Å²) in [6, 6.07) is 15.3. The van der Waals surface area contributed by atoms with E-state index in [1.165, 1.54) is 23.1 Å². The minimum Gasteiger partial charge on any atom is -0.366 e. The molecular weight excluding hydrogens is 410 g/mol. The van der Waals surface area contributed by atoms with Gasteiger partial charge in [-0.2, -0.15) is 0 Å². The van der Waals surface area contributed by atoms with Gasteiger partial charge in [0.15, 0.2) is 4.34 Å². The maximum Gasteiger partial charge on any atom is 0.257 e. The summed E-state index contributed by atoms with van der Waals surface area (Å²) < 4.78 is 0.527. The Hall–Kier alpha value is -3.24. The second-order valence-electron chi connectivity index (χ2n) is 5.85. The predicted molar refractivity (Wildman–Crippen MR) is 113 cm³/mol. The second-order valence-corrected chi connectivity index (χ2v) is 8.42. The molecule has 2 aromatic carbocycles. The van der Waals surface area contributed by atoms with Crippen LogP contribution in [0.2, 0.25) is 0 Å². The number of nitrogens with zero attached hydrogens (tertiary/aromatic N) is 2. The lowest BCUT2D eigenvalue weighted by molar-refractivity contribution is -0.115. The summed E-state index contributed by atoms with van der Waals surface area (Å²) in [6.07, 6.45) is 0. The highest BCUT2D eigenvalue weighted by Crippen LogP contribution is 2.30. The lowest BCUT2D eigenvalue weighted by atomic mass is 10.1. The molecule has 29 heavy (non-hydrogen) atoms. The van der Waals surface area contributed by atoms with Crippen molar-refractivity contribution in [2.45, 2.75) is 16.5 Å². The van der Waals surface area contributed by atoms with Gasteiger partial charge in [-0.05, 0) is 31.2 Å². The molecule has 0 bridgehead atoms. The Morgan fingerprint density at radius 1 is 1.00 bits per heavy atom. The molecule has 3 aromatic rings. The van der Waals surface area contributed by atoms with Gasteiger partial charge in [0.1, 0.15) is 0 Å². The number of nitrogens with two attached hydrogens (primary N) is 1. The summed E-state index contributed by atoms with van der Waals surface area (Å²) >= 11 is 2.36. The number of carbonyl (C=O) groups is 3. The van der Waals surface area contributed by atoms with E-state index in [2.05, 4.69) is 20.8 Å². The normalized spacial score (nSPS) is 11.5. The van der Waals surface area contributed by atoms with E-state index in [1.807, 2.05) is 6.07 Å². The first-order valence-corrected chi connectivity index (χ1v) is 10.2. The van der Waals surface area contributed by atoms with Crippen molar-refractivity contribution in [1.82, 2.24) is 10.2 Å². The lowest BCUT2D eigenvalue weighted by Crippen LogP contribution is -2.24. The number of nitrogens with one attached hydrogen (secondary N) is 2. The third-order valence-corrected chi connectivity index (χ3v) is 5.78. The zero-order valence-electron chi connectivity index (χ0n) is 15.3. The maximum atomic E-state index is 12.5. The fourth-order valence-electron chi connectivity index (χ4n) is 2.31. The molecule has 4 N–H and O–H groups in total. The van der Waals surface area contributed by atoms with Crippen molar-refractivity contribution in [3.05, 3.63) is 65.7 Å². The summed E-state index contributed by atoms with van der Waals surface area (Å²) in [4.78, 5) is 36.1. The number of aromatic nitrogens is 2. The molecule has 0 spiro atoms. The van der Waals surface area contributed by atoms with Crippen LogP contribution in [0.3, 0.4) is 0 Å². The van der Waals surface area contributed by atoms with Crippen LogP contribution in [0.25, 0.3) is 0 Å². The zero-order chi connectivity index (χ0) is 20.8. The molecular formula is C19H17N5O3S2. The Morgan fingerprint density at radius 3 is 2.41 bits per heavy atom. The summed E-state index contributed by atoms with van der Waals surface area (Å²) in [7, 11) is 0. The van der Waals surface area contributed by atoms with E-state index in [1.54, 1.807) is 55.5 Å². The van der Waals surface area contributed by atoms with E-state index in [0.29, 0.717) is 20.7 Å². The minimum absolute atomic E-state index is 0.236. The van der Waals surface area contributed by atoms with E-state index < -0.39 is 11.2 Å². The van der Waals surface area contributed by atoms with Crippen LogP contribution in [-0.2, 0) is 4.79 Å². The standard InChI is InChI=1S/C19H17N5O3S2/c1-11(16(26)21-14-10-6-5-9-13(14)15(20)25)28-19-24-23-18(29-19)22-17(27)12-7-3-2-4-8-12/h2-11H,1H3,(H2,20,25)(H,21,26)(H,22,23,27). The molecule has 3 rings (SSSR count). The van der Waals surface area contributed by atoms with Gasteiger partial charge >= 0.3 is 0 Å². The van der Waals surface area contributed by atoms with Crippen LogP contribution in [0.1, 0.15) is 27.6 Å². The van der Waals surface area contributed by atoms with Gasteiger partial charge in [-0.25, -0.2) is 0 Å². The first-order valence-electron chi connectivity index (χ1n) is 8.50. The van der Waals surface area contributed by atoms with Crippen LogP contribution >= 0.6 is 23.1 Å². The third kappa shape index (κ3) is 5.39. The van der Waals surface area contributed by atoms with Crippen molar-refractivity contribution in [3.8, 4) is 0 Å². The molecule has 1 unspecified atom stereocenters. The van der Waals surface area contributed by atoms with Crippen molar-refractivity contribution in [3.63, 3.8) is 0 Å². The molecule has 1 heterocycles. The highest BCUT2D eigenvalue weighted by molar-refractivity contribution is 8.02. The number of thioether (sulfide) groups is 1. The van der Waals surface area contributed by atoms with Crippen molar-refractivity contribution in [1.29, 1.82) is 0 Å². The number of benzene rings is 2. The third-order valence-electron chi connectivity index (χ3n) is 3.76. The number of amides is 3. The Labute approximate surface area is 174 Å². The van der Waals surface area contributed by atoms with Gasteiger partial charge < -0.3 is 11.1 Å². The Kier molecular flexibility index (Phi) is 6.57. The second kappa shape index (κ2) is 9.30. The van der Waals surface area contributed by atoms with E-state index in [0.717, 1.165) is 0 Å². The Morgan fingerprint density at radius 2 is 1.69 bits per heavy atom. The van der Waals surface area contributed by atoms with Crippen molar-refractivity contribution in [2.75, 3.05) is 10.6 Å². The Balaban J connectivity index is 1.60. The molecule has 0 aliphatic carbocycles. The molecule has 1 atom stereocenters. The lowest BCUT2D eigenvalue weighted by Gasteiger charge is -2.12. The van der Waals surface area contributed by atoms with Gasteiger partial charge in [0.25, 0.3) is 11.8 Å².